The van der Waals surface area contributed by atoms with Crippen molar-refractivity contribution in [2.45, 2.75) is 13.0 Å². The van der Waals surface area contributed by atoms with Crippen molar-refractivity contribution in [1.29, 1.82) is 0 Å². The van der Waals surface area contributed by atoms with E-state index in [4.69, 9.17) is 4.74 Å². The molecule has 0 bridgehead atoms. The fraction of sp³-hybridized carbons (Fsp3) is 0.200. The van der Waals surface area contributed by atoms with Crippen molar-refractivity contribution in [3.63, 3.8) is 0 Å². The van der Waals surface area contributed by atoms with Crippen LogP contribution < -0.4 is 10.1 Å². The Labute approximate surface area is 130 Å². The van der Waals surface area contributed by atoms with Gasteiger partial charge in [0.1, 0.15) is 11.9 Å². The second-order valence-corrected chi connectivity index (χ2v) is 6.02. The predicted octanol–water partition coefficient (Wildman–Crippen LogP) is 5.09. The lowest BCUT2D eigenvalue weighted by atomic mass is 10.3. The molecule has 0 saturated carbocycles. The van der Waals surface area contributed by atoms with Crippen molar-refractivity contribution in [2.24, 2.45) is 0 Å². The van der Waals surface area contributed by atoms with Gasteiger partial charge in [-0.2, -0.15) is 0 Å². The summed E-state index contributed by atoms with van der Waals surface area (Å²) in [5.41, 5.74) is 1.10. The summed E-state index contributed by atoms with van der Waals surface area (Å²) in [6.45, 7) is 2.80. The topological polar surface area (TPSA) is 21.3 Å². The van der Waals surface area contributed by atoms with E-state index in [9.17, 15) is 0 Å². The van der Waals surface area contributed by atoms with Crippen molar-refractivity contribution in [1.82, 2.24) is 0 Å². The largest absolute Gasteiger partial charge is 0.488 e. The highest BCUT2D eigenvalue weighted by molar-refractivity contribution is 9.11. The molecule has 0 saturated heterocycles. The molecule has 1 atom stereocenters. The van der Waals surface area contributed by atoms with E-state index in [1.807, 2.05) is 55.5 Å². The second kappa shape index (κ2) is 6.96. The standard InChI is InChI=1S/C15H15Br2NO/c1-11(10-18-13-5-3-2-4-6-13)19-15-8-7-12(16)9-14(15)17/h2-9,11,18H,10H2,1H3. The highest BCUT2D eigenvalue weighted by atomic mass is 79.9. The number of hydrogen-bond acceptors (Lipinski definition) is 2. The minimum Gasteiger partial charge on any atom is -0.488 e. The molecule has 0 aliphatic rings. The van der Waals surface area contributed by atoms with Gasteiger partial charge in [0.25, 0.3) is 0 Å². The number of anilines is 1. The summed E-state index contributed by atoms with van der Waals surface area (Å²) in [6.07, 6.45) is 0.0812. The Bertz CT molecular complexity index is 531. The molecule has 1 unspecified atom stereocenters. The van der Waals surface area contributed by atoms with Crippen LogP contribution in [0.25, 0.3) is 0 Å². The molecule has 0 aliphatic heterocycles. The van der Waals surface area contributed by atoms with Gasteiger partial charge in [-0.05, 0) is 53.2 Å². The number of rotatable bonds is 5. The highest BCUT2D eigenvalue weighted by Crippen LogP contribution is 2.28. The third kappa shape index (κ3) is 4.55. The Morgan fingerprint density at radius 3 is 2.53 bits per heavy atom. The third-order valence-electron chi connectivity index (χ3n) is 2.59. The Morgan fingerprint density at radius 2 is 1.84 bits per heavy atom. The number of benzene rings is 2. The van der Waals surface area contributed by atoms with Gasteiger partial charge < -0.3 is 10.1 Å². The van der Waals surface area contributed by atoms with Gasteiger partial charge in [0.05, 0.1) is 11.0 Å². The first-order chi connectivity index (χ1) is 9.15. The molecule has 2 rings (SSSR count). The maximum absolute atomic E-state index is 5.89. The van der Waals surface area contributed by atoms with Crippen LogP contribution in [-0.4, -0.2) is 12.6 Å². The van der Waals surface area contributed by atoms with Crippen LogP contribution in [0, 0.1) is 0 Å². The summed E-state index contributed by atoms with van der Waals surface area (Å²) >= 11 is 6.92. The minimum atomic E-state index is 0.0812. The van der Waals surface area contributed by atoms with Crippen LogP contribution in [0.5, 0.6) is 5.75 Å². The number of para-hydroxylation sites is 1. The van der Waals surface area contributed by atoms with Crippen LogP contribution in [0.4, 0.5) is 5.69 Å². The molecule has 100 valence electrons. The first-order valence-electron chi connectivity index (χ1n) is 6.06. The van der Waals surface area contributed by atoms with Gasteiger partial charge in [0.2, 0.25) is 0 Å². The zero-order chi connectivity index (χ0) is 13.7. The Hall–Kier alpha value is -1.000. The maximum Gasteiger partial charge on any atom is 0.134 e. The molecule has 0 fully saturated rings. The molecule has 1 N–H and O–H groups in total. The average Bonchev–Trinajstić information content (AvgIpc) is 2.41. The molecule has 2 aromatic rings. The fourth-order valence-electron chi connectivity index (χ4n) is 1.65. The zero-order valence-corrected chi connectivity index (χ0v) is 13.7. The lowest BCUT2D eigenvalue weighted by Crippen LogP contribution is -2.22. The molecular weight excluding hydrogens is 370 g/mol. The fourth-order valence-corrected chi connectivity index (χ4v) is 2.79. The van der Waals surface area contributed by atoms with Gasteiger partial charge in [-0.3, -0.25) is 0 Å². The third-order valence-corrected chi connectivity index (χ3v) is 3.70. The van der Waals surface area contributed by atoms with Crippen molar-refractivity contribution in [3.05, 3.63) is 57.5 Å². The van der Waals surface area contributed by atoms with Crippen LogP contribution >= 0.6 is 31.9 Å². The zero-order valence-electron chi connectivity index (χ0n) is 10.6. The molecule has 0 amide bonds. The van der Waals surface area contributed by atoms with Gasteiger partial charge in [0.15, 0.2) is 0 Å². The number of ether oxygens (including phenoxy) is 1. The SMILES string of the molecule is CC(CNc1ccccc1)Oc1ccc(Br)cc1Br. The average molecular weight is 385 g/mol. The van der Waals surface area contributed by atoms with Crippen LogP contribution in [0.2, 0.25) is 0 Å². The molecule has 2 aromatic carbocycles. The van der Waals surface area contributed by atoms with Crippen molar-refractivity contribution < 1.29 is 4.74 Å². The lowest BCUT2D eigenvalue weighted by molar-refractivity contribution is 0.233. The van der Waals surface area contributed by atoms with E-state index in [1.165, 1.54) is 0 Å². The summed E-state index contributed by atoms with van der Waals surface area (Å²) < 4.78 is 7.87. The van der Waals surface area contributed by atoms with E-state index in [2.05, 4.69) is 37.2 Å². The normalized spacial score (nSPS) is 11.9. The Morgan fingerprint density at radius 1 is 1.11 bits per heavy atom. The molecular formula is C15H15Br2NO. The van der Waals surface area contributed by atoms with Crippen LogP contribution in [0.15, 0.2) is 57.5 Å². The molecule has 0 heterocycles. The van der Waals surface area contributed by atoms with Crippen molar-refractivity contribution in [3.8, 4) is 5.75 Å². The van der Waals surface area contributed by atoms with E-state index in [0.717, 1.165) is 26.9 Å². The number of nitrogens with one attached hydrogen (secondary N) is 1. The summed E-state index contributed by atoms with van der Waals surface area (Å²) in [5, 5.41) is 3.35. The molecule has 0 aliphatic carbocycles. The van der Waals surface area contributed by atoms with Gasteiger partial charge >= 0.3 is 0 Å². The first-order valence-corrected chi connectivity index (χ1v) is 7.64. The van der Waals surface area contributed by atoms with Gasteiger partial charge in [-0.25, -0.2) is 0 Å². The minimum absolute atomic E-state index is 0.0812. The van der Waals surface area contributed by atoms with E-state index in [0.29, 0.717) is 0 Å². The number of hydrogen-bond donors (Lipinski definition) is 1. The van der Waals surface area contributed by atoms with Crippen LogP contribution in [-0.2, 0) is 0 Å². The van der Waals surface area contributed by atoms with Crippen LogP contribution in [0.1, 0.15) is 6.92 Å². The summed E-state index contributed by atoms with van der Waals surface area (Å²) in [7, 11) is 0. The monoisotopic (exact) mass is 383 g/mol. The van der Waals surface area contributed by atoms with Gasteiger partial charge in [-0.1, -0.05) is 34.1 Å². The smallest absolute Gasteiger partial charge is 0.134 e. The van der Waals surface area contributed by atoms with Crippen molar-refractivity contribution in [2.75, 3.05) is 11.9 Å². The number of halogens is 2. The van der Waals surface area contributed by atoms with Crippen molar-refractivity contribution >= 4 is 37.5 Å². The van der Waals surface area contributed by atoms with E-state index < -0.39 is 0 Å². The maximum atomic E-state index is 5.89. The molecule has 2 nitrogen and oxygen atoms in total. The quantitative estimate of drug-likeness (QED) is 0.774. The van der Waals surface area contributed by atoms with E-state index >= 15 is 0 Å². The first kappa shape index (κ1) is 14.4. The van der Waals surface area contributed by atoms with E-state index in [1.54, 1.807) is 0 Å². The predicted molar refractivity (Wildman–Crippen MR) is 86.9 cm³/mol. The lowest BCUT2D eigenvalue weighted by Gasteiger charge is -2.17. The molecule has 0 aromatic heterocycles. The summed E-state index contributed by atoms with van der Waals surface area (Å²) in [4.78, 5) is 0. The second-order valence-electron chi connectivity index (χ2n) is 4.25. The summed E-state index contributed by atoms with van der Waals surface area (Å²) in [6, 6.07) is 16.0. The molecule has 4 heteroatoms. The van der Waals surface area contributed by atoms with Gasteiger partial charge in [-0.15, -0.1) is 0 Å². The molecule has 0 spiro atoms. The Balaban J connectivity index is 1.89. The van der Waals surface area contributed by atoms with Gasteiger partial charge in [0, 0.05) is 10.2 Å². The van der Waals surface area contributed by atoms with Crippen LogP contribution in [0.3, 0.4) is 0 Å². The molecule has 19 heavy (non-hydrogen) atoms. The molecule has 0 radical (unpaired) electrons. The van der Waals surface area contributed by atoms with E-state index in [-0.39, 0.29) is 6.10 Å². The highest BCUT2D eigenvalue weighted by Gasteiger charge is 2.07. The Kier molecular flexibility index (Phi) is 5.28. The summed E-state index contributed by atoms with van der Waals surface area (Å²) in [5.74, 6) is 0.852.